The van der Waals surface area contributed by atoms with Crippen LogP contribution >= 0.6 is 0 Å². The Morgan fingerprint density at radius 2 is 1.74 bits per heavy atom. The number of fused-ring (bicyclic) bond motifs is 3. The summed E-state index contributed by atoms with van der Waals surface area (Å²) in [5, 5.41) is 25.2. The summed E-state index contributed by atoms with van der Waals surface area (Å²) in [4.78, 5) is 1.80. The normalized spacial score (nSPS) is 15.1. The maximum atomic E-state index is 10.8. The molecule has 0 bridgehead atoms. The molecule has 6 rings (SSSR count). The summed E-state index contributed by atoms with van der Waals surface area (Å²) >= 11 is 0. The minimum Gasteiger partial charge on any atom is -0.384 e. The minimum absolute atomic E-state index is 0.276. The SMILES string of the molecule is CN(C(=N)Nc1ccc2cccc3c2c1C=C3)c1ccc2c(c1)C(O)c1ccccc1-2. The number of nitrogens with zero attached hydrogens (tertiary/aromatic N) is 1. The van der Waals surface area contributed by atoms with Crippen molar-refractivity contribution in [3.05, 3.63) is 95.1 Å². The monoisotopic (exact) mass is 403 g/mol. The van der Waals surface area contributed by atoms with Crippen LogP contribution in [0.4, 0.5) is 11.4 Å². The average Bonchev–Trinajstić information content (AvgIpc) is 3.36. The third-order valence-corrected chi connectivity index (χ3v) is 6.40. The molecule has 0 saturated heterocycles. The van der Waals surface area contributed by atoms with Crippen LogP contribution in [0.15, 0.2) is 72.8 Å². The van der Waals surface area contributed by atoms with Gasteiger partial charge in [-0.15, -0.1) is 0 Å². The quantitative estimate of drug-likeness (QED) is 0.255. The maximum Gasteiger partial charge on any atom is 0.199 e. The first-order valence-electron chi connectivity index (χ1n) is 10.4. The number of hydrogen-bond acceptors (Lipinski definition) is 2. The molecule has 31 heavy (non-hydrogen) atoms. The lowest BCUT2D eigenvalue weighted by molar-refractivity contribution is 0.225. The number of hydrogen-bond donors (Lipinski definition) is 3. The second-order valence-electron chi connectivity index (χ2n) is 8.10. The molecule has 0 aromatic heterocycles. The van der Waals surface area contributed by atoms with Crippen molar-refractivity contribution in [3.8, 4) is 11.1 Å². The molecule has 3 N–H and O–H groups in total. The summed E-state index contributed by atoms with van der Waals surface area (Å²) in [7, 11) is 1.87. The van der Waals surface area contributed by atoms with Gasteiger partial charge in [0, 0.05) is 24.0 Å². The van der Waals surface area contributed by atoms with Gasteiger partial charge in [-0.2, -0.15) is 0 Å². The van der Waals surface area contributed by atoms with Gasteiger partial charge >= 0.3 is 0 Å². The predicted octanol–water partition coefficient (Wildman–Crippen LogP) is 5.87. The minimum atomic E-state index is -0.633. The molecule has 0 spiro atoms. The fraction of sp³-hybridized carbons (Fsp3) is 0.0741. The van der Waals surface area contributed by atoms with Crippen LogP contribution in [-0.4, -0.2) is 18.1 Å². The standard InChI is InChI=1S/C27H21N3O/c1-30(18-11-13-20-19-7-2-3-8-21(19)26(31)23(20)15-18)27(28)29-24-14-10-17-6-4-5-16-9-12-22(24)25(16)17/h2-15,26,31H,1H3,(H2,28,29). The van der Waals surface area contributed by atoms with Crippen LogP contribution < -0.4 is 10.2 Å². The average molecular weight is 403 g/mol. The number of nitrogens with one attached hydrogen (secondary N) is 2. The molecule has 0 radical (unpaired) electrons. The largest absolute Gasteiger partial charge is 0.384 e. The zero-order valence-electron chi connectivity index (χ0n) is 17.1. The van der Waals surface area contributed by atoms with Crippen LogP contribution in [0.1, 0.15) is 28.4 Å². The summed E-state index contributed by atoms with van der Waals surface area (Å²) in [6.45, 7) is 0. The number of anilines is 2. The second-order valence-corrected chi connectivity index (χ2v) is 8.10. The van der Waals surface area contributed by atoms with Crippen LogP contribution in [0.3, 0.4) is 0 Å². The van der Waals surface area contributed by atoms with Crippen molar-refractivity contribution < 1.29 is 5.11 Å². The van der Waals surface area contributed by atoms with E-state index in [1.165, 1.54) is 16.3 Å². The first-order chi connectivity index (χ1) is 15.1. The molecule has 1 atom stereocenters. The van der Waals surface area contributed by atoms with E-state index in [9.17, 15) is 5.11 Å². The fourth-order valence-electron chi connectivity index (χ4n) is 4.75. The third kappa shape index (κ3) is 2.62. The van der Waals surface area contributed by atoms with Crippen LogP contribution in [0.2, 0.25) is 0 Å². The number of aliphatic hydroxyl groups is 1. The first kappa shape index (κ1) is 17.9. The maximum absolute atomic E-state index is 10.8. The lowest BCUT2D eigenvalue weighted by Gasteiger charge is -2.23. The highest BCUT2D eigenvalue weighted by molar-refractivity contribution is 6.12. The van der Waals surface area contributed by atoms with Crippen molar-refractivity contribution >= 4 is 40.3 Å². The molecule has 2 aliphatic rings. The molecule has 1 unspecified atom stereocenters. The van der Waals surface area contributed by atoms with Crippen molar-refractivity contribution in [3.63, 3.8) is 0 Å². The van der Waals surface area contributed by atoms with Crippen LogP contribution in [0, 0.1) is 5.41 Å². The molecule has 150 valence electrons. The Bertz CT molecular complexity index is 1420. The molecule has 0 aliphatic heterocycles. The van der Waals surface area contributed by atoms with Gasteiger partial charge in [0.05, 0.1) is 0 Å². The van der Waals surface area contributed by atoms with Crippen LogP contribution in [0.25, 0.3) is 34.1 Å². The molecular formula is C27H21N3O. The van der Waals surface area contributed by atoms with Crippen LogP contribution in [0.5, 0.6) is 0 Å². The summed E-state index contributed by atoms with van der Waals surface area (Å²) in [6.07, 6.45) is 3.60. The van der Waals surface area contributed by atoms with Crippen molar-refractivity contribution in [1.29, 1.82) is 5.41 Å². The molecule has 4 aromatic carbocycles. The van der Waals surface area contributed by atoms with E-state index in [2.05, 4.69) is 41.7 Å². The Labute approximate surface area is 180 Å². The number of rotatable bonds is 2. The van der Waals surface area contributed by atoms with E-state index in [-0.39, 0.29) is 5.96 Å². The van der Waals surface area contributed by atoms with Crippen LogP contribution in [-0.2, 0) is 0 Å². The van der Waals surface area contributed by atoms with E-state index in [1.807, 2.05) is 55.6 Å². The molecular weight excluding hydrogens is 382 g/mol. The van der Waals surface area contributed by atoms with Gasteiger partial charge < -0.3 is 15.3 Å². The Morgan fingerprint density at radius 1 is 0.903 bits per heavy atom. The van der Waals surface area contributed by atoms with E-state index >= 15 is 0 Å². The topological polar surface area (TPSA) is 59.4 Å². The Morgan fingerprint density at radius 3 is 2.65 bits per heavy atom. The van der Waals surface area contributed by atoms with Gasteiger partial charge in [-0.3, -0.25) is 5.41 Å². The molecule has 4 aromatic rings. The highest BCUT2D eigenvalue weighted by atomic mass is 16.3. The predicted molar refractivity (Wildman–Crippen MR) is 129 cm³/mol. The fourth-order valence-corrected chi connectivity index (χ4v) is 4.75. The Hall–Kier alpha value is -3.89. The Kier molecular flexibility index (Phi) is 3.79. The van der Waals surface area contributed by atoms with E-state index < -0.39 is 6.10 Å². The number of guanidine groups is 1. The zero-order chi connectivity index (χ0) is 21.1. The van der Waals surface area contributed by atoms with Crippen molar-refractivity contribution in [1.82, 2.24) is 0 Å². The summed E-state index contributed by atoms with van der Waals surface area (Å²) < 4.78 is 0. The van der Waals surface area contributed by atoms with Crippen molar-refractivity contribution in [2.24, 2.45) is 0 Å². The lowest BCUT2D eigenvalue weighted by Crippen LogP contribution is -2.32. The third-order valence-electron chi connectivity index (χ3n) is 6.40. The van der Waals surface area contributed by atoms with E-state index in [1.54, 1.807) is 4.90 Å². The van der Waals surface area contributed by atoms with Gasteiger partial charge in [-0.25, -0.2) is 0 Å². The highest BCUT2D eigenvalue weighted by Crippen LogP contribution is 2.44. The van der Waals surface area contributed by atoms with Gasteiger partial charge in [0.2, 0.25) is 0 Å². The van der Waals surface area contributed by atoms with E-state index in [4.69, 9.17) is 5.41 Å². The van der Waals surface area contributed by atoms with E-state index in [0.29, 0.717) is 0 Å². The second kappa shape index (κ2) is 6.56. The summed E-state index contributed by atoms with van der Waals surface area (Å²) in [5.74, 6) is 0.276. The zero-order valence-corrected chi connectivity index (χ0v) is 17.1. The van der Waals surface area contributed by atoms with E-state index in [0.717, 1.165) is 39.2 Å². The molecule has 0 fully saturated rings. The molecule has 0 amide bonds. The van der Waals surface area contributed by atoms with Crippen molar-refractivity contribution in [2.45, 2.75) is 6.10 Å². The summed E-state index contributed by atoms with van der Waals surface area (Å²) in [6, 6.07) is 24.4. The highest BCUT2D eigenvalue weighted by Gasteiger charge is 2.27. The molecule has 4 nitrogen and oxygen atoms in total. The van der Waals surface area contributed by atoms with Crippen molar-refractivity contribution in [2.75, 3.05) is 17.3 Å². The van der Waals surface area contributed by atoms with Gasteiger partial charge in [-0.1, -0.05) is 66.7 Å². The van der Waals surface area contributed by atoms with Gasteiger partial charge in [0.1, 0.15) is 6.10 Å². The molecule has 2 aliphatic carbocycles. The summed E-state index contributed by atoms with van der Waals surface area (Å²) in [5.41, 5.74) is 8.06. The van der Waals surface area contributed by atoms with Gasteiger partial charge in [0.15, 0.2) is 5.96 Å². The molecule has 0 saturated carbocycles. The number of aliphatic hydroxyl groups excluding tert-OH is 1. The Balaban J connectivity index is 1.31. The number of benzene rings is 4. The van der Waals surface area contributed by atoms with Gasteiger partial charge in [-0.05, 0) is 56.8 Å². The lowest BCUT2D eigenvalue weighted by atomic mass is 10.0. The first-order valence-corrected chi connectivity index (χ1v) is 10.4. The molecule has 0 heterocycles. The molecule has 4 heteroatoms. The van der Waals surface area contributed by atoms with Gasteiger partial charge in [0.25, 0.3) is 0 Å². The smallest absolute Gasteiger partial charge is 0.199 e.